The average molecular weight is 542 g/mol. The fourth-order valence-corrected chi connectivity index (χ4v) is 4.03. The van der Waals surface area contributed by atoms with Gasteiger partial charge >= 0.3 is 0 Å². The molecule has 9 heteroatoms. The molecule has 1 fully saturated rings. The van der Waals surface area contributed by atoms with E-state index in [1.165, 1.54) is 10.6 Å². The molecule has 0 atom stereocenters. The molecule has 0 saturated carbocycles. The monoisotopic (exact) mass is 542 g/mol. The molecular weight excluding hydrogens is 511 g/mol. The lowest BCUT2D eigenvalue weighted by atomic mass is 10.2. The highest BCUT2D eigenvalue weighted by atomic mass is 127. The van der Waals surface area contributed by atoms with E-state index in [1.807, 2.05) is 36.2 Å². The minimum absolute atomic E-state index is 0. The van der Waals surface area contributed by atoms with Crippen LogP contribution in [0, 0.1) is 6.92 Å². The zero-order valence-electron chi connectivity index (χ0n) is 17.6. The van der Waals surface area contributed by atoms with E-state index >= 15 is 0 Å². The van der Waals surface area contributed by atoms with Crippen LogP contribution in [0.3, 0.4) is 0 Å². The maximum Gasteiger partial charge on any atom is 0.244 e. The smallest absolute Gasteiger partial charge is 0.244 e. The van der Waals surface area contributed by atoms with Crippen LogP contribution in [0.2, 0.25) is 0 Å². The number of guanidine groups is 1. The van der Waals surface area contributed by atoms with E-state index in [1.54, 1.807) is 11.3 Å². The molecule has 0 aliphatic carbocycles. The van der Waals surface area contributed by atoms with Gasteiger partial charge in [0.2, 0.25) is 5.91 Å². The molecule has 1 amide bonds. The third-order valence-electron chi connectivity index (χ3n) is 4.77. The highest BCUT2D eigenvalue weighted by Gasteiger charge is 2.20. The fraction of sp³-hybridized carbons (Fsp3) is 0.476. The van der Waals surface area contributed by atoms with Crippen LogP contribution in [-0.2, 0) is 11.2 Å². The van der Waals surface area contributed by atoms with Crippen molar-refractivity contribution in [3.8, 4) is 0 Å². The summed E-state index contributed by atoms with van der Waals surface area (Å²) in [5.74, 6) is 0.752. The second kappa shape index (κ2) is 12.7. The van der Waals surface area contributed by atoms with Crippen molar-refractivity contribution in [2.45, 2.75) is 20.3 Å². The summed E-state index contributed by atoms with van der Waals surface area (Å²) in [6.45, 7) is 8.91. The number of nitrogens with zero attached hydrogens (tertiary/aromatic N) is 4. The number of benzene rings is 1. The van der Waals surface area contributed by atoms with Crippen molar-refractivity contribution in [1.82, 2.24) is 20.5 Å². The third-order valence-corrected chi connectivity index (χ3v) is 5.74. The molecule has 2 heterocycles. The Balaban J connectivity index is 0.00000320. The van der Waals surface area contributed by atoms with Crippen molar-refractivity contribution in [2.24, 2.45) is 4.99 Å². The molecule has 0 bridgehead atoms. The summed E-state index contributed by atoms with van der Waals surface area (Å²) in [6.07, 6.45) is 2.74. The van der Waals surface area contributed by atoms with E-state index in [-0.39, 0.29) is 36.4 Å². The standard InChI is InChI=1S/C21H30N6OS.HI/c1-3-22-21(23-10-9-19-24-15-17(2)29-19)25-16-20(28)27-13-11-26(12-14-27)18-7-5-4-6-8-18;/h4-8,15H,3,9-14,16H2,1-2H3,(H2,22,23,25);1H. The maximum absolute atomic E-state index is 12.6. The van der Waals surface area contributed by atoms with Crippen LogP contribution in [-0.4, -0.2) is 67.6 Å². The number of carbonyl (C=O) groups is 1. The number of amides is 1. The number of hydrogen-bond acceptors (Lipinski definition) is 5. The number of thiazole rings is 1. The second-order valence-electron chi connectivity index (χ2n) is 6.94. The molecular formula is C21H31IN6OS. The number of rotatable bonds is 7. The van der Waals surface area contributed by atoms with Gasteiger partial charge in [0.25, 0.3) is 0 Å². The van der Waals surface area contributed by atoms with Gasteiger partial charge in [0, 0.05) is 62.5 Å². The first-order valence-electron chi connectivity index (χ1n) is 10.2. The lowest BCUT2D eigenvalue weighted by molar-refractivity contribution is -0.129. The molecule has 0 radical (unpaired) electrons. The van der Waals surface area contributed by atoms with Crippen LogP contribution in [0.1, 0.15) is 16.8 Å². The van der Waals surface area contributed by atoms with Gasteiger partial charge in [0.15, 0.2) is 5.96 Å². The number of nitrogens with one attached hydrogen (secondary N) is 2. The largest absolute Gasteiger partial charge is 0.368 e. The molecule has 1 aromatic heterocycles. The summed E-state index contributed by atoms with van der Waals surface area (Å²) >= 11 is 1.71. The minimum Gasteiger partial charge on any atom is -0.368 e. The van der Waals surface area contributed by atoms with Gasteiger partial charge in [-0.3, -0.25) is 4.79 Å². The van der Waals surface area contributed by atoms with Crippen LogP contribution in [0.5, 0.6) is 0 Å². The Labute approximate surface area is 200 Å². The van der Waals surface area contributed by atoms with Crippen molar-refractivity contribution < 1.29 is 4.79 Å². The van der Waals surface area contributed by atoms with Crippen LogP contribution in [0.15, 0.2) is 41.5 Å². The zero-order valence-corrected chi connectivity index (χ0v) is 20.8. The SMILES string of the molecule is CCNC(=NCC(=O)N1CCN(c2ccccc2)CC1)NCCc1ncc(C)s1.I. The van der Waals surface area contributed by atoms with E-state index in [0.717, 1.165) is 50.7 Å². The number of hydrogen-bond donors (Lipinski definition) is 2. The van der Waals surface area contributed by atoms with Gasteiger partial charge in [0.05, 0.1) is 5.01 Å². The fourth-order valence-electron chi connectivity index (χ4n) is 3.25. The molecule has 2 N–H and O–H groups in total. The van der Waals surface area contributed by atoms with Crippen LogP contribution < -0.4 is 15.5 Å². The first-order valence-corrected chi connectivity index (χ1v) is 11.0. The van der Waals surface area contributed by atoms with Crippen LogP contribution in [0.4, 0.5) is 5.69 Å². The molecule has 3 rings (SSSR count). The Morgan fingerprint density at radius 1 is 1.17 bits per heavy atom. The predicted molar refractivity (Wildman–Crippen MR) is 135 cm³/mol. The van der Waals surface area contributed by atoms with Crippen molar-refractivity contribution in [3.05, 3.63) is 46.4 Å². The summed E-state index contributed by atoms with van der Waals surface area (Å²) in [6, 6.07) is 10.3. The lowest BCUT2D eigenvalue weighted by Crippen LogP contribution is -2.49. The second-order valence-corrected chi connectivity index (χ2v) is 8.26. The topological polar surface area (TPSA) is 72.9 Å². The molecule has 0 unspecified atom stereocenters. The minimum atomic E-state index is 0. The molecule has 1 saturated heterocycles. The third kappa shape index (κ3) is 7.42. The highest BCUT2D eigenvalue weighted by Crippen LogP contribution is 2.15. The number of halogens is 1. The van der Waals surface area contributed by atoms with Gasteiger partial charge in [-0.2, -0.15) is 0 Å². The summed E-state index contributed by atoms with van der Waals surface area (Å²) in [5.41, 5.74) is 1.21. The number of anilines is 1. The normalized spacial score (nSPS) is 14.3. The van der Waals surface area contributed by atoms with Gasteiger partial charge in [-0.15, -0.1) is 35.3 Å². The Hall–Kier alpha value is -1.88. The van der Waals surface area contributed by atoms with Crippen molar-refractivity contribution >= 4 is 52.9 Å². The molecule has 1 aliphatic rings. The van der Waals surface area contributed by atoms with Gasteiger partial charge in [0.1, 0.15) is 6.54 Å². The first kappa shape index (κ1) is 24.4. The zero-order chi connectivity index (χ0) is 20.5. The molecule has 7 nitrogen and oxygen atoms in total. The van der Waals surface area contributed by atoms with Crippen molar-refractivity contribution in [1.29, 1.82) is 0 Å². The van der Waals surface area contributed by atoms with Crippen molar-refractivity contribution in [3.63, 3.8) is 0 Å². The number of para-hydroxylation sites is 1. The number of aryl methyl sites for hydroxylation is 1. The Morgan fingerprint density at radius 2 is 1.90 bits per heavy atom. The van der Waals surface area contributed by atoms with Gasteiger partial charge in [-0.1, -0.05) is 18.2 Å². The maximum atomic E-state index is 12.6. The number of carbonyl (C=O) groups excluding carboxylic acids is 1. The van der Waals surface area contributed by atoms with Crippen molar-refractivity contribution in [2.75, 3.05) is 50.7 Å². The lowest BCUT2D eigenvalue weighted by Gasteiger charge is -2.36. The number of aliphatic imine (C=N–C) groups is 1. The Morgan fingerprint density at radius 3 is 2.53 bits per heavy atom. The molecule has 30 heavy (non-hydrogen) atoms. The van der Waals surface area contributed by atoms with E-state index < -0.39 is 0 Å². The van der Waals surface area contributed by atoms with E-state index in [2.05, 4.69) is 44.6 Å². The van der Waals surface area contributed by atoms with Gasteiger partial charge in [-0.25, -0.2) is 9.98 Å². The van der Waals surface area contributed by atoms with Gasteiger partial charge < -0.3 is 20.4 Å². The number of aromatic nitrogens is 1. The van der Waals surface area contributed by atoms with E-state index in [4.69, 9.17) is 0 Å². The Kier molecular flexibility index (Phi) is 10.4. The summed E-state index contributed by atoms with van der Waals surface area (Å²) in [5, 5.41) is 7.61. The number of piperazine rings is 1. The molecule has 0 spiro atoms. The van der Waals surface area contributed by atoms with E-state index in [9.17, 15) is 4.79 Å². The summed E-state index contributed by atoms with van der Waals surface area (Å²) < 4.78 is 0. The average Bonchev–Trinajstić information content (AvgIpc) is 3.17. The Bertz CT molecular complexity index is 805. The van der Waals surface area contributed by atoms with Crippen LogP contribution >= 0.6 is 35.3 Å². The highest BCUT2D eigenvalue weighted by molar-refractivity contribution is 14.0. The van der Waals surface area contributed by atoms with Gasteiger partial charge in [-0.05, 0) is 26.0 Å². The molecule has 164 valence electrons. The summed E-state index contributed by atoms with van der Waals surface area (Å²) in [4.78, 5) is 26.9. The molecule has 1 aromatic carbocycles. The molecule has 1 aliphatic heterocycles. The van der Waals surface area contributed by atoms with E-state index in [0.29, 0.717) is 5.96 Å². The quantitative estimate of drug-likeness (QED) is 0.320. The predicted octanol–water partition coefficient (Wildman–Crippen LogP) is 2.52. The molecule has 2 aromatic rings. The first-order chi connectivity index (χ1) is 14.2. The van der Waals surface area contributed by atoms with Crippen LogP contribution in [0.25, 0.3) is 0 Å². The summed E-state index contributed by atoms with van der Waals surface area (Å²) in [7, 11) is 0.